The van der Waals surface area contributed by atoms with Crippen molar-refractivity contribution >= 4 is 5.69 Å². The number of rotatable bonds is 6. The van der Waals surface area contributed by atoms with Crippen LogP contribution in [0.4, 0.5) is 10.1 Å². The maximum atomic E-state index is 13.2. The van der Waals surface area contributed by atoms with E-state index in [1.54, 1.807) is 14.2 Å². The van der Waals surface area contributed by atoms with Crippen molar-refractivity contribution in [2.75, 3.05) is 26.6 Å². The van der Waals surface area contributed by atoms with E-state index in [4.69, 9.17) is 19.5 Å². The third-order valence-corrected chi connectivity index (χ3v) is 3.31. The maximum absolute atomic E-state index is 13.2. The zero-order valence-corrected chi connectivity index (χ0v) is 13.1. The molecule has 2 rings (SSSR count). The highest BCUT2D eigenvalue weighted by atomic mass is 19.1. The summed E-state index contributed by atoms with van der Waals surface area (Å²) in [6.07, 6.45) is 0. The van der Waals surface area contributed by atoms with Gasteiger partial charge in [0.15, 0.2) is 11.5 Å². The molecule has 23 heavy (non-hydrogen) atoms. The van der Waals surface area contributed by atoms with Gasteiger partial charge in [-0.15, -0.1) is 0 Å². The molecule has 0 bridgehead atoms. The van der Waals surface area contributed by atoms with E-state index in [1.807, 2.05) is 18.2 Å². The Morgan fingerprint density at radius 1 is 1.04 bits per heavy atom. The van der Waals surface area contributed by atoms with Gasteiger partial charge >= 0.3 is 0 Å². The molecule has 0 atom stereocenters. The van der Waals surface area contributed by atoms with Crippen molar-refractivity contribution in [2.45, 2.75) is 6.54 Å². The second-order valence-corrected chi connectivity index (χ2v) is 4.69. The minimum atomic E-state index is -0.445. The SMILES string of the molecule is COc1cc(CNc2ccc(F)cc2C#N)cc(OC)c1OC. The van der Waals surface area contributed by atoms with Crippen molar-refractivity contribution < 1.29 is 18.6 Å². The number of nitrogens with zero attached hydrogens (tertiary/aromatic N) is 1. The molecular formula is C17H17FN2O3. The van der Waals surface area contributed by atoms with Crippen LogP contribution in [0.3, 0.4) is 0 Å². The summed E-state index contributed by atoms with van der Waals surface area (Å²) in [6, 6.07) is 9.61. The standard InChI is InChI=1S/C17H17FN2O3/c1-21-15-6-11(7-16(22-2)17(15)23-3)10-20-14-5-4-13(18)8-12(14)9-19/h4-8,20H,10H2,1-3H3. The van der Waals surface area contributed by atoms with Crippen LogP contribution >= 0.6 is 0 Å². The van der Waals surface area contributed by atoms with E-state index in [2.05, 4.69) is 5.32 Å². The number of anilines is 1. The number of ether oxygens (including phenoxy) is 3. The molecule has 0 aliphatic carbocycles. The molecule has 0 radical (unpaired) electrons. The van der Waals surface area contributed by atoms with Crippen molar-refractivity contribution in [3.05, 3.63) is 47.3 Å². The Labute approximate surface area is 134 Å². The van der Waals surface area contributed by atoms with Crippen LogP contribution in [0.15, 0.2) is 30.3 Å². The molecule has 0 aromatic heterocycles. The molecule has 5 nitrogen and oxygen atoms in total. The number of methoxy groups -OCH3 is 3. The van der Waals surface area contributed by atoms with Crippen LogP contribution in [0.5, 0.6) is 17.2 Å². The quantitative estimate of drug-likeness (QED) is 0.885. The Balaban J connectivity index is 2.26. The van der Waals surface area contributed by atoms with Crippen LogP contribution in [0.1, 0.15) is 11.1 Å². The second kappa shape index (κ2) is 7.36. The molecule has 1 N–H and O–H groups in total. The molecule has 120 valence electrons. The number of nitrogens with one attached hydrogen (secondary N) is 1. The fourth-order valence-electron chi connectivity index (χ4n) is 2.20. The Bertz CT molecular complexity index is 716. The molecular weight excluding hydrogens is 299 g/mol. The van der Waals surface area contributed by atoms with Crippen molar-refractivity contribution in [3.8, 4) is 23.3 Å². The van der Waals surface area contributed by atoms with Crippen LogP contribution in [0.25, 0.3) is 0 Å². The fraction of sp³-hybridized carbons (Fsp3) is 0.235. The molecule has 2 aromatic carbocycles. The summed E-state index contributed by atoms with van der Waals surface area (Å²) in [5.74, 6) is 1.16. The average Bonchev–Trinajstić information content (AvgIpc) is 2.59. The minimum absolute atomic E-state index is 0.248. The first kappa shape index (κ1) is 16.4. The van der Waals surface area contributed by atoms with Crippen LogP contribution < -0.4 is 19.5 Å². The Morgan fingerprint density at radius 3 is 2.22 bits per heavy atom. The largest absolute Gasteiger partial charge is 0.493 e. The van der Waals surface area contributed by atoms with E-state index >= 15 is 0 Å². The van der Waals surface area contributed by atoms with Crippen molar-refractivity contribution in [1.82, 2.24) is 0 Å². The predicted octanol–water partition coefficient (Wildman–Crippen LogP) is 3.34. The monoisotopic (exact) mass is 316 g/mol. The highest BCUT2D eigenvalue weighted by molar-refractivity contribution is 5.59. The lowest BCUT2D eigenvalue weighted by molar-refractivity contribution is 0.324. The molecule has 2 aromatic rings. The van der Waals surface area contributed by atoms with E-state index in [1.165, 1.54) is 25.3 Å². The van der Waals surface area contributed by atoms with E-state index < -0.39 is 5.82 Å². The number of nitriles is 1. The Morgan fingerprint density at radius 2 is 1.70 bits per heavy atom. The highest BCUT2D eigenvalue weighted by Gasteiger charge is 2.13. The Hall–Kier alpha value is -2.94. The topological polar surface area (TPSA) is 63.5 Å². The van der Waals surface area contributed by atoms with E-state index in [9.17, 15) is 4.39 Å². The first-order valence-corrected chi connectivity index (χ1v) is 6.85. The van der Waals surface area contributed by atoms with Crippen LogP contribution in [-0.2, 0) is 6.54 Å². The molecule has 0 fully saturated rings. The molecule has 0 heterocycles. The van der Waals surface area contributed by atoms with Gasteiger partial charge in [0, 0.05) is 6.54 Å². The molecule has 0 unspecified atom stereocenters. The summed E-state index contributed by atoms with van der Waals surface area (Å²) in [5, 5.41) is 12.2. The molecule has 0 aliphatic rings. The number of halogens is 1. The Kier molecular flexibility index (Phi) is 5.26. The van der Waals surface area contributed by atoms with Gasteiger partial charge < -0.3 is 19.5 Å². The first-order chi connectivity index (χ1) is 11.1. The van der Waals surface area contributed by atoms with Crippen molar-refractivity contribution in [1.29, 1.82) is 5.26 Å². The molecule has 0 aliphatic heterocycles. The lowest BCUT2D eigenvalue weighted by atomic mass is 10.1. The van der Waals surface area contributed by atoms with Crippen LogP contribution in [0.2, 0.25) is 0 Å². The molecule has 0 saturated carbocycles. The van der Waals surface area contributed by atoms with Gasteiger partial charge in [-0.2, -0.15) is 5.26 Å². The van der Waals surface area contributed by atoms with Gasteiger partial charge in [-0.05, 0) is 35.9 Å². The van der Waals surface area contributed by atoms with E-state index in [-0.39, 0.29) is 5.56 Å². The lowest BCUT2D eigenvalue weighted by Crippen LogP contribution is -2.03. The van der Waals surface area contributed by atoms with Gasteiger partial charge in [-0.3, -0.25) is 0 Å². The summed E-state index contributed by atoms with van der Waals surface area (Å²) in [5.41, 5.74) is 1.67. The lowest BCUT2D eigenvalue weighted by Gasteiger charge is -2.15. The fourth-order valence-corrected chi connectivity index (χ4v) is 2.20. The van der Waals surface area contributed by atoms with E-state index in [0.717, 1.165) is 5.56 Å². The second-order valence-electron chi connectivity index (χ2n) is 4.69. The first-order valence-electron chi connectivity index (χ1n) is 6.85. The van der Waals surface area contributed by atoms with Crippen molar-refractivity contribution in [2.24, 2.45) is 0 Å². The summed E-state index contributed by atoms with van der Waals surface area (Å²) < 4.78 is 29.0. The van der Waals surface area contributed by atoms with Crippen LogP contribution in [-0.4, -0.2) is 21.3 Å². The predicted molar refractivity (Wildman–Crippen MR) is 84.5 cm³/mol. The highest BCUT2D eigenvalue weighted by Crippen LogP contribution is 2.38. The molecule has 0 saturated heterocycles. The summed E-state index contributed by atoms with van der Waals surface area (Å²) in [7, 11) is 4.63. The summed E-state index contributed by atoms with van der Waals surface area (Å²) in [6.45, 7) is 0.414. The molecule has 6 heteroatoms. The number of hydrogen-bond acceptors (Lipinski definition) is 5. The molecule has 0 spiro atoms. The normalized spacial score (nSPS) is 9.87. The summed E-state index contributed by atoms with van der Waals surface area (Å²) >= 11 is 0. The van der Waals surface area contributed by atoms with Gasteiger partial charge in [-0.1, -0.05) is 0 Å². The van der Waals surface area contributed by atoms with Crippen LogP contribution in [0, 0.1) is 17.1 Å². The van der Waals surface area contributed by atoms with Gasteiger partial charge in [0.2, 0.25) is 5.75 Å². The number of hydrogen-bond donors (Lipinski definition) is 1. The number of benzene rings is 2. The zero-order valence-electron chi connectivity index (χ0n) is 13.1. The third-order valence-electron chi connectivity index (χ3n) is 3.31. The van der Waals surface area contributed by atoms with Gasteiger partial charge in [0.25, 0.3) is 0 Å². The zero-order chi connectivity index (χ0) is 16.8. The van der Waals surface area contributed by atoms with Crippen molar-refractivity contribution in [3.63, 3.8) is 0 Å². The van der Waals surface area contributed by atoms with Gasteiger partial charge in [0.1, 0.15) is 11.9 Å². The van der Waals surface area contributed by atoms with Gasteiger partial charge in [-0.25, -0.2) is 4.39 Å². The maximum Gasteiger partial charge on any atom is 0.203 e. The minimum Gasteiger partial charge on any atom is -0.493 e. The average molecular weight is 316 g/mol. The smallest absolute Gasteiger partial charge is 0.203 e. The molecule has 0 amide bonds. The van der Waals surface area contributed by atoms with Gasteiger partial charge in [0.05, 0.1) is 32.6 Å². The third kappa shape index (κ3) is 3.64. The summed E-state index contributed by atoms with van der Waals surface area (Å²) in [4.78, 5) is 0. The van der Waals surface area contributed by atoms with E-state index in [0.29, 0.717) is 29.5 Å².